The van der Waals surface area contributed by atoms with Crippen LogP contribution in [0.25, 0.3) is 0 Å². The molecule has 2 rings (SSSR count). The summed E-state index contributed by atoms with van der Waals surface area (Å²) in [4.78, 5) is 1.86. The van der Waals surface area contributed by atoms with Gasteiger partial charge in [-0.1, -0.05) is 6.07 Å². The highest BCUT2D eigenvalue weighted by atomic mass is 32.2. The van der Waals surface area contributed by atoms with E-state index in [1.54, 1.807) is 12.1 Å². The Bertz CT molecular complexity index is 640. The normalized spacial score (nSPS) is 19.6. The van der Waals surface area contributed by atoms with E-state index >= 15 is 0 Å². The standard InChI is InChI=1S/C13H16FN3O2S/c14-12-4-1-5-13(11(12)7-15)17-6-2-3-10(8-17)9-20(16,18)19/h1,4-5,10H,2-3,6,8-9H2,(H2,16,18,19)/t10-/m0/s1. The fourth-order valence-corrected chi connectivity index (χ4v) is 3.56. The first kappa shape index (κ1) is 14.8. The van der Waals surface area contributed by atoms with Crippen molar-refractivity contribution in [1.29, 1.82) is 5.26 Å². The number of sulfonamides is 1. The van der Waals surface area contributed by atoms with Gasteiger partial charge in [0.25, 0.3) is 0 Å². The topological polar surface area (TPSA) is 87.2 Å². The van der Waals surface area contributed by atoms with E-state index in [1.807, 2.05) is 11.0 Å². The molecule has 7 heteroatoms. The third-order valence-electron chi connectivity index (χ3n) is 3.43. The Morgan fingerprint density at radius 3 is 2.90 bits per heavy atom. The lowest BCUT2D eigenvalue weighted by molar-refractivity contribution is 0.443. The molecule has 1 atom stereocenters. The molecule has 0 unspecified atom stereocenters. The highest BCUT2D eigenvalue weighted by molar-refractivity contribution is 7.89. The molecule has 5 nitrogen and oxygen atoms in total. The summed E-state index contributed by atoms with van der Waals surface area (Å²) in [6, 6.07) is 6.34. The Balaban J connectivity index is 2.22. The first-order valence-electron chi connectivity index (χ1n) is 6.35. The van der Waals surface area contributed by atoms with Crippen molar-refractivity contribution >= 4 is 15.7 Å². The van der Waals surface area contributed by atoms with E-state index < -0.39 is 15.8 Å². The average Bonchev–Trinajstić information content (AvgIpc) is 2.36. The summed E-state index contributed by atoms with van der Waals surface area (Å²) in [5, 5.41) is 14.1. The number of nitriles is 1. The molecule has 1 aliphatic heterocycles. The zero-order valence-electron chi connectivity index (χ0n) is 10.9. The van der Waals surface area contributed by atoms with E-state index in [-0.39, 0.29) is 17.2 Å². The van der Waals surface area contributed by atoms with Gasteiger partial charge in [0.2, 0.25) is 10.0 Å². The molecule has 1 saturated heterocycles. The van der Waals surface area contributed by atoms with Crippen LogP contribution in [0.4, 0.5) is 10.1 Å². The second kappa shape index (κ2) is 5.77. The van der Waals surface area contributed by atoms with Gasteiger partial charge >= 0.3 is 0 Å². The third-order valence-corrected chi connectivity index (χ3v) is 4.37. The maximum absolute atomic E-state index is 13.6. The van der Waals surface area contributed by atoms with E-state index in [0.717, 1.165) is 12.8 Å². The van der Waals surface area contributed by atoms with Crippen LogP contribution in [0.3, 0.4) is 0 Å². The second-order valence-electron chi connectivity index (χ2n) is 5.03. The predicted octanol–water partition coefficient (Wildman–Crippen LogP) is 1.20. The maximum atomic E-state index is 13.6. The van der Waals surface area contributed by atoms with Gasteiger partial charge in [0.1, 0.15) is 17.4 Å². The second-order valence-corrected chi connectivity index (χ2v) is 6.69. The number of primary sulfonamides is 1. The van der Waals surface area contributed by atoms with Crippen molar-refractivity contribution in [1.82, 2.24) is 0 Å². The molecule has 0 aliphatic carbocycles. The fraction of sp³-hybridized carbons (Fsp3) is 0.462. The molecule has 0 spiro atoms. The van der Waals surface area contributed by atoms with Crippen molar-refractivity contribution in [3.63, 3.8) is 0 Å². The minimum absolute atomic E-state index is 0.00348. The summed E-state index contributed by atoms with van der Waals surface area (Å²) in [5.41, 5.74) is 0.523. The monoisotopic (exact) mass is 297 g/mol. The van der Waals surface area contributed by atoms with E-state index in [2.05, 4.69) is 0 Å². The third kappa shape index (κ3) is 3.46. The molecule has 20 heavy (non-hydrogen) atoms. The molecule has 0 aromatic heterocycles. The molecule has 1 heterocycles. The summed E-state index contributed by atoms with van der Waals surface area (Å²) in [6.07, 6.45) is 1.56. The zero-order valence-corrected chi connectivity index (χ0v) is 11.7. The molecule has 2 N–H and O–H groups in total. The van der Waals surface area contributed by atoms with Crippen LogP contribution in [0.15, 0.2) is 18.2 Å². The van der Waals surface area contributed by atoms with Crippen LogP contribution in [0.5, 0.6) is 0 Å². The van der Waals surface area contributed by atoms with Crippen molar-refractivity contribution in [2.45, 2.75) is 12.8 Å². The number of hydrogen-bond acceptors (Lipinski definition) is 4. The highest BCUT2D eigenvalue weighted by Gasteiger charge is 2.25. The summed E-state index contributed by atoms with van der Waals surface area (Å²) >= 11 is 0. The fourth-order valence-electron chi connectivity index (χ4n) is 2.64. The van der Waals surface area contributed by atoms with Crippen LogP contribution < -0.4 is 10.0 Å². The molecule has 1 aliphatic rings. The van der Waals surface area contributed by atoms with Gasteiger partial charge in [-0.15, -0.1) is 0 Å². The molecular weight excluding hydrogens is 281 g/mol. The highest BCUT2D eigenvalue weighted by Crippen LogP contribution is 2.27. The quantitative estimate of drug-likeness (QED) is 0.908. The van der Waals surface area contributed by atoms with Crippen LogP contribution in [-0.2, 0) is 10.0 Å². The van der Waals surface area contributed by atoms with Crippen molar-refractivity contribution in [2.75, 3.05) is 23.7 Å². The Labute approximate surface area is 117 Å². The van der Waals surface area contributed by atoms with Crippen LogP contribution in [-0.4, -0.2) is 27.3 Å². The first-order chi connectivity index (χ1) is 9.40. The summed E-state index contributed by atoms with van der Waals surface area (Å²) in [7, 11) is -3.52. The molecular formula is C13H16FN3O2S. The maximum Gasteiger partial charge on any atom is 0.209 e. The lowest BCUT2D eigenvalue weighted by Gasteiger charge is -2.34. The Hall–Kier alpha value is -1.65. The zero-order chi connectivity index (χ0) is 14.8. The smallest absolute Gasteiger partial charge is 0.209 e. The van der Waals surface area contributed by atoms with Gasteiger partial charge in [-0.25, -0.2) is 17.9 Å². The number of hydrogen-bond donors (Lipinski definition) is 1. The van der Waals surface area contributed by atoms with Crippen molar-refractivity contribution < 1.29 is 12.8 Å². The number of benzene rings is 1. The van der Waals surface area contributed by atoms with E-state index in [1.165, 1.54) is 6.07 Å². The number of rotatable bonds is 3. The SMILES string of the molecule is N#Cc1c(F)cccc1N1CCC[C@H](CS(N)(=O)=O)C1. The van der Waals surface area contributed by atoms with Crippen LogP contribution in [0, 0.1) is 23.1 Å². The lowest BCUT2D eigenvalue weighted by Crippen LogP contribution is -2.39. The average molecular weight is 297 g/mol. The van der Waals surface area contributed by atoms with Gasteiger partial charge < -0.3 is 4.90 Å². The van der Waals surface area contributed by atoms with Crippen LogP contribution in [0.2, 0.25) is 0 Å². The molecule has 0 amide bonds. The molecule has 0 radical (unpaired) electrons. The van der Waals surface area contributed by atoms with Crippen LogP contribution in [0.1, 0.15) is 18.4 Å². The number of anilines is 1. The van der Waals surface area contributed by atoms with Gasteiger partial charge in [0, 0.05) is 13.1 Å². The molecule has 108 valence electrons. The van der Waals surface area contributed by atoms with Crippen molar-refractivity contribution in [2.24, 2.45) is 11.1 Å². The van der Waals surface area contributed by atoms with Gasteiger partial charge in [-0.05, 0) is 30.9 Å². The molecule has 1 fully saturated rings. The summed E-state index contributed by atoms with van der Waals surface area (Å²) in [5.74, 6) is -0.729. The summed E-state index contributed by atoms with van der Waals surface area (Å²) < 4.78 is 35.9. The van der Waals surface area contributed by atoms with E-state index in [0.29, 0.717) is 18.8 Å². The van der Waals surface area contributed by atoms with Gasteiger partial charge in [0.15, 0.2) is 0 Å². The largest absolute Gasteiger partial charge is 0.370 e. The minimum Gasteiger partial charge on any atom is -0.370 e. The molecule has 1 aromatic rings. The first-order valence-corrected chi connectivity index (χ1v) is 8.06. The number of nitrogens with zero attached hydrogens (tertiary/aromatic N) is 2. The van der Waals surface area contributed by atoms with E-state index in [4.69, 9.17) is 10.4 Å². The molecule has 1 aromatic carbocycles. The van der Waals surface area contributed by atoms with Crippen molar-refractivity contribution in [3.8, 4) is 6.07 Å². The Morgan fingerprint density at radius 1 is 1.50 bits per heavy atom. The number of nitrogens with two attached hydrogens (primary N) is 1. The number of halogens is 1. The number of piperidine rings is 1. The Morgan fingerprint density at radius 2 is 2.25 bits per heavy atom. The molecule has 0 saturated carbocycles. The Kier molecular flexibility index (Phi) is 4.26. The lowest BCUT2D eigenvalue weighted by atomic mass is 9.98. The minimum atomic E-state index is -3.52. The van der Waals surface area contributed by atoms with Crippen molar-refractivity contribution in [3.05, 3.63) is 29.6 Å². The molecule has 0 bridgehead atoms. The van der Waals surface area contributed by atoms with Gasteiger partial charge in [-0.3, -0.25) is 0 Å². The van der Waals surface area contributed by atoms with E-state index in [9.17, 15) is 12.8 Å². The van der Waals surface area contributed by atoms with Gasteiger partial charge in [0.05, 0.1) is 11.4 Å². The summed E-state index contributed by atoms with van der Waals surface area (Å²) in [6.45, 7) is 1.15. The van der Waals surface area contributed by atoms with Crippen LogP contribution >= 0.6 is 0 Å². The van der Waals surface area contributed by atoms with Gasteiger partial charge in [-0.2, -0.15) is 5.26 Å². The predicted molar refractivity (Wildman–Crippen MR) is 74.0 cm³/mol.